The Hall–Kier alpha value is -7.57. The summed E-state index contributed by atoms with van der Waals surface area (Å²) in [6.45, 7) is 6.28. The first kappa shape index (κ1) is 38.6. The van der Waals surface area contributed by atoms with Crippen LogP contribution in [0.4, 0.5) is 13.2 Å². The van der Waals surface area contributed by atoms with Crippen molar-refractivity contribution in [2.45, 2.75) is 26.9 Å². The van der Waals surface area contributed by atoms with Crippen molar-refractivity contribution in [3.05, 3.63) is 210 Å². The number of nitrogens with zero attached hydrogens (tertiary/aromatic N) is 3. The first-order valence-corrected chi connectivity index (χ1v) is 20.6. The van der Waals surface area contributed by atoms with Gasteiger partial charge in [0, 0.05) is 38.6 Å². The number of aryl methyl sites for hydroxylation is 3. The van der Waals surface area contributed by atoms with Crippen LogP contribution in [0.25, 0.3) is 94.8 Å². The molecule has 0 spiro atoms. The van der Waals surface area contributed by atoms with Crippen LogP contribution in [0.3, 0.4) is 0 Å². The van der Waals surface area contributed by atoms with Gasteiger partial charge in [0.2, 0.25) is 0 Å². The molecule has 0 saturated carbocycles. The summed E-state index contributed by atoms with van der Waals surface area (Å²) in [7, 11) is 0. The molecule has 0 radical (unpaired) electrons. The van der Waals surface area contributed by atoms with E-state index in [9.17, 15) is 13.2 Å². The van der Waals surface area contributed by atoms with Gasteiger partial charge in [-0.2, -0.15) is 13.2 Å². The second-order valence-electron chi connectivity index (χ2n) is 16.0. The molecule has 0 fully saturated rings. The molecule has 0 aliphatic heterocycles. The first-order valence-electron chi connectivity index (χ1n) is 20.6. The number of para-hydroxylation sites is 1. The van der Waals surface area contributed by atoms with Crippen molar-refractivity contribution in [2.24, 2.45) is 0 Å². The van der Waals surface area contributed by atoms with Crippen LogP contribution in [0, 0.1) is 20.8 Å². The topological polar surface area (TPSA) is 30.7 Å². The summed E-state index contributed by atoms with van der Waals surface area (Å²) in [5, 5.41) is 2.08. The van der Waals surface area contributed by atoms with Crippen LogP contribution in [0.5, 0.6) is 0 Å². The van der Waals surface area contributed by atoms with E-state index in [0.717, 1.165) is 83.9 Å². The molecule has 0 saturated heterocycles. The number of hydrogen-bond donors (Lipinski definition) is 0. The van der Waals surface area contributed by atoms with Gasteiger partial charge in [-0.25, -0.2) is 9.97 Å². The second kappa shape index (κ2) is 15.5. The van der Waals surface area contributed by atoms with Gasteiger partial charge in [-0.3, -0.25) is 0 Å². The van der Waals surface area contributed by atoms with Crippen molar-refractivity contribution in [3.8, 4) is 73.0 Å². The number of rotatable bonds is 7. The lowest BCUT2D eigenvalue weighted by molar-refractivity contribution is -0.137. The van der Waals surface area contributed by atoms with Crippen LogP contribution in [-0.2, 0) is 6.18 Å². The molecule has 0 aliphatic rings. The van der Waals surface area contributed by atoms with Crippen molar-refractivity contribution < 1.29 is 13.2 Å². The molecule has 10 rings (SSSR count). The van der Waals surface area contributed by atoms with Crippen LogP contribution in [-0.4, -0.2) is 14.5 Å². The van der Waals surface area contributed by atoms with Crippen molar-refractivity contribution in [1.82, 2.24) is 14.5 Å². The highest BCUT2D eigenvalue weighted by Crippen LogP contribution is 2.45. The molecule has 300 valence electrons. The monoisotopic (exact) mass is 811 g/mol. The minimum Gasteiger partial charge on any atom is -0.308 e. The van der Waals surface area contributed by atoms with E-state index in [1.807, 2.05) is 104 Å². The first-order chi connectivity index (χ1) is 30.1. The summed E-state index contributed by atoms with van der Waals surface area (Å²) in [5.74, 6) is 0.458. The summed E-state index contributed by atoms with van der Waals surface area (Å²) in [5.41, 5.74) is 14.3. The minimum absolute atomic E-state index is 0.422. The van der Waals surface area contributed by atoms with Crippen molar-refractivity contribution in [3.63, 3.8) is 0 Å². The van der Waals surface area contributed by atoms with E-state index in [-0.39, 0.29) is 0 Å². The van der Waals surface area contributed by atoms with Crippen molar-refractivity contribution in [1.29, 1.82) is 0 Å². The van der Waals surface area contributed by atoms with E-state index < -0.39 is 11.7 Å². The molecule has 0 bridgehead atoms. The summed E-state index contributed by atoms with van der Waals surface area (Å²) in [6, 6.07) is 61.2. The maximum absolute atomic E-state index is 14.6. The maximum Gasteiger partial charge on any atom is 0.416 e. The predicted molar refractivity (Wildman–Crippen MR) is 248 cm³/mol. The van der Waals surface area contributed by atoms with Gasteiger partial charge < -0.3 is 4.57 Å². The lowest BCUT2D eigenvalue weighted by Crippen LogP contribution is -2.06. The Morgan fingerprint density at radius 3 is 1.61 bits per heavy atom. The Balaban J connectivity index is 1.33. The van der Waals surface area contributed by atoms with Gasteiger partial charge in [0.25, 0.3) is 0 Å². The predicted octanol–water partition coefficient (Wildman–Crippen LogP) is 15.5. The van der Waals surface area contributed by atoms with Gasteiger partial charge in [-0.1, -0.05) is 151 Å². The fourth-order valence-electron chi connectivity index (χ4n) is 8.73. The molecule has 2 heterocycles. The summed E-state index contributed by atoms with van der Waals surface area (Å²) < 4.78 is 46.1. The number of halogens is 3. The lowest BCUT2D eigenvalue weighted by Gasteiger charge is -2.22. The van der Waals surface area contributed by atoms with Gasteiger partial charge in [0.15, 0.2) is 5.82 Å². The standard InChI is InChI=1S/C56H40F3N3/c1-35-14-12-19-40(29-35)47-32-43(55-60-50(38-15-6-4-7-16-38)34-51(61-55)39-17-8-5-9-18-39)33-48(41-20-13-21-44(30-41)56(57,58)59)54(47)62-52-23-11-10-22-46(52)49-31-42(25-27-53(49)62)45-26-24-36(2)28-37(45)3/h4-34H,1-3H3. The summed E-state index contributed by atoms with van der Waals surface area (Å²) >= 11 is 0. The largest absolute Gasteiger partial charge is 0.416 e. The molecule has 0 atom stereocenters. The Labute approximate surface area is 358 Å². The van der Waals surface area contributed by atoms with Crippen LogP contribution in [0.1, 0.15) is 22.3 Å². The quantitative estimate of drug-likeness (QED) is 0.160. The molecule has 8 aromatic carbocycles. The third-order valence-electron chi connectivity index (χ3n) is 11.7. The van der Waals surface area contributed by atoms with E-state index in [4.69, 9.17) is 9.97 Å². The van der Waals surface area contributed by atoms with Crippen LogP contribution in [0.2, 0.25) is 0 Å². The fraction of sp³-hybridized carbons (Fsp3) is 0.0714. The summed E-state index contributed by atoms with van der Waals surface area (Å²) in [4.78, 5) is 10.4. The number of alkyl halides is 3. The van der Waals surface area contributed by atoms with Crippen LogP contribution >= 0.6 is 0 Å². The molecular weight excluding hydrogens is 772 g/mol. The number of benzene rings is 8. The highest BCUT2D eigenvalue weighted by atomic mass is 19.4. The highest BCUT2D eigenvalue weighted by molar-refractivity contribution is 6.12. The fourth-order valence-corrected chi connectivity index (χ4v) is 8.73. The van der Waals surface area contributed by atoms with Gasteiger partial charge in [0.1, 0.15) is 0 Å². The molecule has 0 amide bonds. The Bertz CT molecular complexity index is 3250. The molecule has 2 aromatic heterocycles. The average molecular weight is 812 g/mol. The Morgan fingerprint density at radius 1 is 0.403 bits per heavy atom. The lowest BCUT2D eigenvalue weighted by atomic mass is 9.91. The molecule has 3 nitrogen and oxygen atoms in total. The Kier molecular flexibility index (Phi) is 9.64. The third-order valence-corrected chi connectivity index (χ3v) is 11.7. The van der Waals surface area contributed by atoms with Crippen molar-refractivity contribution in [2.75, 3.05) is 0 Å². The van der Waals surface area contributed by atoms with Gasteiger partial charge in [-0.15, -0.1) is 0 Å². The van der Waals surface area contributed by atoms with E-state index >= 15 is 0 Å². The molecule has 0 aliphatic carbocycles. The Morgan fingerprint density at radius 2 is 0.968 bits per heavy atom. The SMILES string of the molecule is Cc1cccc(-c2cc(-c3nc(-c4ccccc4)cc(-c4ccccc4)n3)cc(-c3cccc(C(F)(F)F)c3)c2-n2c3ccccc3c3cc(-c4ccc(C)cc4C)ccc32)c1. The molecule has 6 heteroatoms. The summed E-state index contributed by atoms with van der Waals surface area (Å²) in [6.07, 6.45) is -4.55. The molecule has 10 aromatic rings. The molecular formula is C56H40F3N3. The van der Waals surface area contributed by atoms with E-state index in [1.54, 1.807) is 6.07 Å². The van der Waals surface area contributed by atoms with Crippen LogP contribution in [0.15, 0.2) is 188 Å². The van der Waals surface area contributed by atoms with E-state index in [0.29, 0.717) is 22.5 Å². The highest BCUT2D eigenvalue weighted by Gasteiger charge is 2.31. The zero-order valence-electron chi connectivity index (χ0n) is 34.4. The zero-order chi connectivity index (χ0) is 42.5. The van der Waals surface area contributed by atoms with Crippen molar-refractivity contribution >= 4 is 21.8 Å². The van der Waals surface area contributed by atoms with Gasteiger partial charge >= 0.3 is 6.18 Å². The van der Waals surface area contributed by atoms with Gasteiger partial charge in [-0.05, 0) is 97.1 Å². The van der Waals surface area contributed by atoms with Gasteiger partial charge in [0.05, 0.1) is 33.7 Å². The molecule has 0 N–H and O–H groups in total. The van der Waals surface area contributed by atoms with E-state index in [2.05, 4.69) is 85.1 Å². The zero-order valence-corrected chi connectivity index (χ0v) is 34.4. The third kappa shape index (κ3) is 7.13. The van der Waals surface area contributed by atoms with Crippen LogP contribution < -0.4 is 0 Å². The smallest absolute Gasteiger partial charge is 0.308 e. The number of aromatic nitrogens is 3. The average Bonchev–Trinajstić information content (AvgIpc) is 3.62. The normalized spacial score (nSPS) is 11.7. The molecule has 0 unspecified atom stereocenters. The van der Waals surface area contributed by atoms with E-state index in [1.165, 1.54) is 23.3 Å². The number of fused-ring (bicyclic) bond motifs is 3. The number of hydrogen-bond acceptors (Lipinski definition) is 2. The molecule has 62 heavy (non-hydrogen) atoms. The second-order valence-corrected chi connectivity index (χ2v) is 16.0. The minimum atomic E-state index is -4.55. The maximum atomic E-state index is 14.6.